The zero-order chi connectivity index (χ0) is 32.4. The second kappa shape index (κ2) is 21.7. The zero-order valence-corrected chi connectivity index (χ0v) is 29.3. The predicted molar refractivity (Wildman–Crippen MR) is 185 cm³/mol. The van der Waals surface area contributed by atoms with Crippen LogP contribution in [0.3, 0.4) is 0 Å². The first kappa shape index (κ1) is 39.1. The summed E-state index contributed by atoms with van der Waals surface area (Å²) < 4.78 is 0. The van der Waals surface area contributed by atoms with Crippen molar-refractivity contribution in [2.45, 2.75) is 131 Å². The second-order valence-corrected chi connectivity index (χ2v) is 14.0. The number of carboxylic acids is 1. The number of allylic oxidation sites excluding steroid dienone is 2. The van der Waals surface area contributed by atoms with Crippen LogP contribution in [-0.2, 0) is 4.79 Å². The average Bonchev–Trinajstić information content (AvgIpc) is 3.44. The number of carbonyl (C=O) groups is 2. The molecule has 1 fully saturated rings. The molecule has 3 rings (SSSR count). The Kier molecular flexibility index (Phi) is 19.7. The Labute approximate surface area is 267 Å². The van der Waals surface area contributed by atoms with E-state index in [0.29, 0.717) is 23.4 Å². The third-order valence-electron chi connectivity index (χ3n) is 8.26. The number of aromatic carboxylic acids is 1. The van der Waals surface area contributed by atoms with Crippen molar-refractivity contribution in [3.05, 3.63) is 34.0 Å². The van der Waals surface area contributed by atoms with Gasteiger partial charge in [-0.15, -0.1) is 11.3 Å². The maximum absolute atomic E-state index is 13.5. The van der Waals surface area contributed by atoms with Crippen LogP contribution >= 0.6 is 11.3 Å². The molecule has 0 saturated heterocycles. The van der Waals surface area contributed by atoms with E-state index in [4.69, 9.17) is 5.11 Å². The van der Waals surface area contributed by atoms with Crippen LogP contribution in [-0.4, -0.2) is 54.8 Å². The summed E-state index contributed by atoms with van der Waals surface area (Å²) in [6, 6.07) is 2.56. The first-order chi connectivity index (χ1) is 20.6. The summed E-state index contributed by atoms with van der Waals surface area (Å²) in [7, 11) is 3.01. The van der Waals surface area contributed by atoms with Crippen molar-refractivity contribution in [3.63, 3.8) is 0 Å². The molecule has 1 aromatic rings. The number of aliphatic hydroxyl groups is 1. The lowest BCUT2D eigenvalue weighted by atomic mass is 9.80. The molecule has 0 amide bonds. The normalized spacial score (nSPS) is 19.9. The van der Waals surface area contributed by atoms with Gasteiger partial charge in [0.2, 0.25) is 0 Å². The highest BCUT2D eigenvalue weighted by Crippen LogP contribution is 2.39. The fraction of sp³-hybridized carbons (Fsp3) is 0.722. The summed E-state index contributed by atoms with van der Waals surface area (Å²) in [6.45, 7) is 13.4. The number of hydrogen-bond acceptors (Lipinski definition) is 6. The van der Waals surface area contributed by atoms with Gasteiger partial charge in [-0.2, -0.15) is 0 Å². The van der Waals surface area contributed by atoms with Crippen LogP contribution in [0, 0.1) is 17.8 Å². The van der Waals surface area contributed by atoms with Gasteiger partial charge in [0.05, 0.1) is 12.2 Å². The van der Waals surface area contributed by atoms with E-state index in [9.17, 15) is 14.7 Å². The molecule has 0 aliphatic heterocycles. The van der Waals surface area contributed by atoms with Gasteiger partial charge in [-0.05, 0) is 95.2 Å². The minimum atomic E-state index is -0.897. The molecule has 1 heterocycles. The van der Waals surface area contributed by atoms with Gasteiger partial charge in [-0.25, -0.2) is 4.79 Å². The van der Waals surface area contributed by atoms with Gasteiger partial charge in [0.15, 0.2) is 5.78 Å². The molecule has 0 aromatic carbocycles. The summed E-state index contributed by atoms with van der Waals surface area (Å²) >= 11 is 1.38. The molecule has 0 spiro atoms. The van der Waals surface area contributed by atoms with Gasteiger partial charge in [-0.3, -0.25) is 4.79 Å². The Morgan fingerprint density at radius 3 is 2.23 bits per heavy atom. The summed E-state index contributed by atoms with van der Waals surface area (Å²) in [6.07, 6.45) is 19.3. The molecule has 0 bridgehead atoms. The molecule has 2 aliphatic rings. The maximum Gasteiger partial charge on any atom is 0.348 e. The molecule has 7 heteroatoms. The number of carboxylic acid groups (broad SMARTS) is 1. The van der Waals surface area contributed by atoms with E-state index in [-0.39, 0.29) is 17.7 Å². The van der Waals surface area contributed by atoms with Crippen molar-refractivity contribution in [1.29, 1.82) is 0 Å². The number of hydrogen-bond donors (Lipinski definition) is 3. The Hall–Kier alpha value is -1.96. The Morgan fingerprint density at radius 2 is 1.70 bits per heavy atom. The van der Waals surface area contributed by atoms with Crippen molar-refractivity contribution in [3.8, 4) is 0 Å². The van der Waals surface area contributed by atoms with E-state index in [1.165, 1.54) is 23.3 Å². The SMILES string of the molecule is CC(C)C.CCCC(CC=CCC(C)N(CC(=O)C1CCC(C)CC1)c1cc(C2=CCCCC2)sc1C(=O)O)NC.CO. The predicted octanol–water partition coefficient (Wildman–Crippen LogP) is 8.99. The number of carbonyl (C=O) groups excluding carboxylic acids is 1. The summed E-state index contributed by atoms with van der Waals surface area (Å²) in [5, 5.41) is 20.5. The van der Waals surface area contributed by atoms with Crippen LogP contribution in [0.1, 0.15) is 133 Å². The fourth-order valence-corrected chi connectivity index (χ4v) is 6.81. The topological polar surface area (TPSA) is 89.9 Å². The van der Waals surface area contributed by atoms with E-state index in [0.717, 1.165) is 94.2 Å². The number of nitrogens with zero attached hydrogens (tertiary/aromatic N) is 1. The highest BCUT2D eigenvalue weighted by atomic mass is 32.1. The van der Waals surface area contributed by atoms with Crippen LogP contribution in [0.5, 0.6) is 0 Å². The van der Waals surface area contributed by atoms with Gasteiger partial charge in [0.25, 0.3) is 0 Å². The zero-order valence-electron chi connectivity index (χ0n) is 28.5. The number of thiophene rings is 1. The first-order valence-electron chi connectivity index (χ1n) is 16.7. The quantitative estimate of drug-likeness (QED) is 0.180. The molecule has 6 nitrogen and oxygen atoms in total. The Morgan fingerprint density at radius 1 is 1.07 bits per heavy atom. The highest BCUT2D eigenvalue weighted by Gasteiger charge is 2.30. The van der Waals surface area contributed by atoms with E-state index in [1.54, 1.807) is 0 Å². The number of anilines is 1. The molecule has 246 valence electrons. The molecule has 2 aliphatic carbocycles. The summed E-state index contributed by atoms with van der Waals surface area (Å²) in [5.74, 6) is 0.993. The number of nitrogens with one attached hydrogen (secondary N) is 1. The lowest BCUT2D eigenvalue weighted by Crippen LogP contribution is -2.40. The van der Waals surface area contributed by atoms with Crippen LogP contribution in [0.4, 0.5) is 5.69 Å². The molecule has 43 heavy (non-hydrogen) atoms. The van der Waals surface area contributed by atoms with Gasteiger partial charge >= 0.3 is 5.97 Å². The molecule has 2 unspecified atom stereocenters. The number of aliphatic hydroxyl groups excluding tert-OH is 1. The molecule has 1 saturated carbocycles. The van der Waals surface area contributed by atoms with Crippen molar-refractivity contribution in [1.82, 2.24) is 5.32 Å². The van der Waals surface area contributed by atoms with Crippen molar-refractivity contribution in [2.75, 3.05) is 25.6 Å². The van der Waals surface area contributed by atoms with Crippen LogP contribution in [0.2, 0.25) is 0 Å². The summed E-state index contributed by atoms with van der Waals surface area (Å²) in [4.78, 5) is 29.4. The van der Waals surface area contributed by atoms with Crippen LogP contribution in [0.15, 0.2) is 24.3 Å². The number of Topliss-reactive ketones (excluding diaryl/α,β-unsaturated/α-hetero) is 1. The molecule has 3 N–H and O–H groups in total. The fourth-order valence-electron chi connectivity index (χ4n) is 5.74. The minimum Gasteiger partial charge on any atom is -0.477 e. The molecule has 2 atom stereocenters. The Balaban J connectivity index is 0.00000142. The van der Waals surface area contributed by atoms with E-state index < -0.39 is 5.97 Å². The maximum atomic E-state index is 13.5. The molecular weight excluding hydrogens is 556 g/mol. The monoisotopic (exact) mass is 618 g/mol. The largest absolute Gasteiger partial charge is 0.477 e. The standard InChI is InChI=1S/C31H48N2O3S.C4H10.CH4O/c1-5-11-26(32-4)15-10-9-12-23(3)33(21-28(34)24-18-16-22(2)17-19-24)27-20-29(37-30(27)31(35)36)25-13-7-6-8-14-25;1-4(2)3;1-2/h9-10,13,20,22-24,26,32H,5-8,11-12,14-19,21H2,1-4H3,(H,35,36);4H,1-3H3;2H,1H3. The number of ketones is 1. The lowest BCUT2D eigenvalue weighted by molar-refractivity contribution is -0.122. The lowest BCUT2D eigenvalue weighted by Gasteiger charge is -2.33. The van der Waals surface area contributed by atoms with Gasteiger partial charge in [0.1, 0.15) is 4.88 Å². The third-order valence-corrected chi connectivity index (χ3v) is 9.45. The van der Waals surface area contributed by atoms with E-state index in [1.807, 2.05) is 7.05 Å². The first-order valence-corrected chi connectivity index (χ1v) is 17.5. The Bertz CT molecular complexity index is 989. The molecular formula is C36H62N2O4S. The average molecular weight is 619 g/mol. The van der Waals surface area contributed by atoms with Gasteiger partial charge < -0.3 is 20.4 Å². The summed E-state index contributed by atoms with van der Waals surface area (Å²) in [5.41, 5.74) is 1.98. The van der Waals surface area contributed by atoms with E-state index in [2.05, 4.69) is 76.1 Å². The van der Waals surface area contributed by atoms with E-state index >= 15 is 0 Å². The minimum absolute atomic E-state index is 0.0304. The third kappa shape index (κ3) is 14.1. The molecule has 1 aromatic heterocycles. The highest BCUT2D eigenvalue weighted by molar-refractivity contribution is 7.15. The smallest absolute Gasteiger partial charge is 0.348 e. The van der Waals surface area contributed by atoms with Crippen LogP contribution < -0.4 is 10.2 Å². The number of rotatable bonds is 14. The van der Waals surface area contributed by atoms with Gasteiger partial charge in [-0.1, -0.05) is 72.1 Å². The van der Waals surface area contributed by atoms with Crippen molar-refractivity contribution >= 4 is 34.3 Å². The van der Waals surface area contributed by atoms with Crippen molar-refractivity contribution < 1.29 is 19.8 Å². The van der Waals surface area contributed by atoms with Crippen LogP contribution in [0.25, 0.3) is 5.57 Å². The van der Waals surface area contributed by atoms with Gasteiger partial charge in [0, 0.05) is 30.0 Å². The van der Waals surface area contributed by atoms with Crippen molar-refractivity contribution in [2.24, 2.45) is 17.8 Å². The second-order valence-electron chi connectivity index (χ2n) is 13.0. The molecule has 0 radical (unpaired) electrons.